The Morgan fingerprint density at radius 3 is 1.58 bits per heavy atom. The maximum absolute atomic E-state index is 4.79. The molecular formula is C34H22N4. The molecule has 0 spiro atoms. The Labute approximate surface area is 220 Å². The van der Waals surface area contributed by atoms with Crippen LogP contribution >= 0.6 is 0 Å². The normalized spacial score (nSPS) is 11.2. The van der Waals surface area contributed by atoms with E-state index in [1.807, 2.05) is 61.3 Å². The van der Waals surface area contributed by atoms with E-state index in [1.54, 1.807) is 6.20 Å². The molecule has 7 aromatic rings. The minimum absolute atomic E-state index is 0.860. The Hall–Kier alpha value is -5.22. The Bertz CT molecular complexity index is 1840. The number of hydrogen-bond donors (Lipinski definition) is 0. The van der Waals surface area contributed by atoms with E-state index in [2.05, 4.69) is 81.7 Å². The summed E-state index contributed by atoms with van der Waals surface area (Å²) in [7, 11) is 0. The van der Waals surface area contributed by atoms with E-state index in [0.717, 1.165) is 33.6 Å². The lowest BCUT2D eigenvalue weighted by Gasteiger charge is -2.18. The second-order valence-corrected chi connectivity index (χ2v) is 9.19. The average Bonchev–Trinajstić information content (AvgIpc) is 3.01. The van der Waals surface area contributed by atoms with E-state index in [4.69, 9.17) is 4.98 Å². The van der Waals surface area contributed by atoms with E-state index in [-0.39, 0.29) is 0 Å². The molecule has 4 aromatic heterocycles. The highest BCUT2D eigenvalue weighted by molar-refractivity contribution is 6.21. The lowest BCUT2D eigenvalue weighted by Crippen LogP contribution is -1.93. The van der Waals surface area contributed by atoms with Gasteiger partial charge in [0.25, 0.3) is 0 Å². The first-order valence-corrected chi connectivity index (χ1v) is 12.5. The molecule has 0 aliphatic rings. The molecule has 0 saturated heterocycles. The van der Waals surface area contributed by atoms with Crippen LogP contribution in [0.15, 0.2) is 134 Å². The first-order chi connectivity index (χ1) is 18.9. The molecule has 0 saturated carbocycles. The van der Waals surface area contributed by atoms with Crippen LogP contribution in [0.5, 0.6) is 0 Å². The van der Waals surface area contributed by atoms with Gasteiger partial charge in [0.2, 0.25) is 0 Å². The van der Waals surface area contributed by atoms with Crippen LogP contribution in [0.2, 0.25) is 0 Å². The van der Waals surface area contributed by atoms with E-state index < -0.39 is 0 Å². The summed E-state index contributed by atoms with van der Waals surface area (Å²) >= 11 is 0. The number of rotatable bonds is 4. The zero-order chi connectivity index (χ0) is 25.3. The molecule has 0 fully saturated rings. The maximum Gasteiger partial charge on any atom is 0.0886 e. The number of fused-ring (bicyclic) bond motifs is 2. The minimum atomic E-state index is 0.860. The highest BCUT2D eigenvalue weighted by Gasteiger charge is 2.17. The molecule has 0 unspecified atom stereocenters. The standard InChI is InChI=1S/C34H22N4/c1-3-9-29-27(7-1)33(24-12-13-32(38-22-24)31-11-5-6-16-37-31)28-8-2-4-10-30(28)34(29)26-19-25(20-36-21-26)23-14-17-35-18-15-23/h1-22H. The lowest BCUT2D eigenvalue weighted by molar-refractivity contribution is 1.25. The van der Waals surface area contributed by atoms with Crippen LogP contribution in [0.1, 0.15) is 0 Å². The number of benzene rings is 3. The van der Waals surface area contributed by atoms with Gasteiger partial charge in [-0.1, -0.05) is 60.7 Å². The van der Waals surface area contributed by atoms with Crippen LogP contribution in [0, 0.1) is 0 Å². The van der Waals surface area contributed by atoms with Crippen LogP contribution in [0.3, 0.4) is 0 Å². The van der Waals surface area contributed by atoms with Gasteiger partial charge in [0.1, 0.15) is 0 Å². The molecule has 178 valence electrons. The van der Waals surface area contributed by atoms with Crippen molar-refractivity contribution in [3.8, 4) is 44.8 Å². The molecule has 0 bridgehead atoms. The van der Waals surface area contributed by atoms with Gasteiger partial charge in [-0.25, -0.2) is 0 Å². The monoisotopic (exact) mass is 486 g/mol. The largest absolute Gasteiger partial charge is 0.265 e. The van der Waals surface area contributed by atoms with Gasteiger partial charge in [-0.2, -0.15) is 0 Å². The molecule has 7 rings (SSSR count). The van der Waals surface area contributed by atoms with E-state index >= 15 is 0 Å². The predicted molar refractivity (Wildman–Crippen MR) is 154 cm³/mol. The Balaban J connectivity index is 1.47. The third kappa shape index (κ3) is 3.80. The van der Waals surface area contributed by atoms with Crippen molar-refractivity contribution in [1.29, 1.82) is 0 Å². The topological polar surface area (TPSA) is 51.6 Å². The summed E-state index contributed by atoms with van der Waals surface area (Å²) in [5, 5.41) is 4.73. The predicted octanol–water partition coefficient (Wildman–Crippen LogP) is 8.24. The van der Waals surface area contributed by atoms with Crippen molar-refractivity contribution in [2.75, 3.05) is 0 Å². The fourth-order valence-electron chi connectivity index (χ4n) is 5.24. The van der Waals surface area contributed by atoms with Gasteiger partial charge >= 0.3 is 0 Å². The summed E-state index contributed by atoms with van der Waals surface area (Å²) in [5.74, 6) is 0. The van der Waals surface area contributed by atoms with Crippen molar-refractivity contribution in [1.82, 2.24) is 19.9 Å². The Kier molecular flexibility index (Phi) is 5.41. The third-order valence-corrected chi connectivity index (χ3v) is 6.95. The SMILES string of the molecule is c1ccc(-c2ccc(-c3c4ccccc4c(-c4cncc(-c5ccncc5)c4)c4ccccc34)cn2)nc1. The second kappa shape index (κ2) is 9.34. The molecule has 3 aromatic carbocycles. The molecule has 0 radical (unpaired) electrons. The molecule has 4 heteroatoms. The summed E-state index contributed by atoms with van der Waals surface area (Å²) in [6, 6.07) is 33.6. The summed E-state index contributed by atoms with van der Waals surface area (Å²) in [6.07, 6.45) is 11.3. The van der Waals surface area contributed by atoms with Gasteiger partial charge in [0.15, 0.2) is 0 Å². The molecule has 4 nitrogen and oxygen atoms in total. The number of aromatic nitrogens is 4. The Morgan fingerprint density at radius 1 is 0.368 bits per heavy atom. The van der Waals surface area contributed by atoms with Gasteiger partial charge in [-0.05, 0) is 74.6 Å². The van der Waals surface area contributed by atoms with Crippen molar-refractivity contribution in [3.63, 3.8) is 0 Å². The summed E-state index contributed by atoms with van der Waals surface area (Å²) < 4.78 is 0. The highest BCUT2D eigenvalue weighted by Crippen LogP contribution is 2.43. The lowest BCUT2D eigenvalue weighted by atomic mass is 9.86. The molecular weight excluding hydrogens is 464 g/mol. The highest BCUT2D eigenvalue weighted by atomic mass is 14.8. The second-order valence-electron chi connectivity index (χ2n) is 9.19. The van der Waals surface area contributed by atoms with Crippen molar-refractivity contribution >= 4 is 21.5 Å². The number of nitrogens with zero attached hydrogens (tertiary/aromatic N) is 4. The third-order valence-electron chi connectivity index (χ3n) is 6.95. The number of hydrogen-bond acceptors (Lipinski definition) is 4. The molecule has 0 N–H and O–H groups in total. The van der Waals surface area contributed by atoms with Crippen molar-refractivity contribution in [2.24, 2.45) is 0 Å². The van der Waals surface area contributed by atoms with Crippen molar-refractivity contribution < 1.29 is 0 Å². The molecule has 0 amide bonds. The van der Waals surface area contributed by atoms with Crippen LogP contribution in [-0.2, 0) is 0 Å². The van der Waals surface area contributed by atoms with Gasteiger partial charge in [0.05, 0.1) is 11.4 Å². The molecule has 38 heavy (non-hydrogen) atoms. The quantitative estimate of drug-likeness (QED) is 0.235. The fourth-order valence-corrected chi connectivity index (χ4v) is 5.24. The van der Waals surface area contributed by atoms with Gasteiger partial charge in [-0.3, -0.25) is 19.9 Å². The smallest absolute Gasteiger partial charge is 0.0886 e. The average molecular weight is 487 g/mol. The van der Waals surface area contributed by atoms with E-state index in [1.165, 1.54) is 32.7 Å². The fraction of sp³-hybridized carbons (Fsp3) is 0. The zero-order valence-electron chi connectivity index (χ0n) is 20.5. The maximum atomic E-state index is 4.79. The van der Waals surface area contributed by atoms with E-state index in [9.17, 15) is 0 Å². The van der Waals surface area contributed by atoms with Gasteiger partial charge in [0, 0.05) is 53.9 Å². The summed E-state index contributed by atoms with van der Waals surface area (Å²) in [5.41, 5.74) is 8.41. The van der Waals surface area contributed by atoms with Crippen LogP contribution in [0.4, 0.5) is 0 Å². The van der Waals surface area contributed by atoms with Gasteiger partial charge < -0.3 is 0 Å². The van der Waals surface area contributed by atoms with Crippen molar-refractivity contribution in [2.45, 2.75) is 0 Å². The summed E-state index contributed by atoms with van der Waals surface area (Å²) in [4.78, 5) is 18.0. The zero-order valence-corrected chi connectivity index (χ0v) is 20.5. The van der Waals surface area contributed by atoms with Crippen molar-refractivity contribution in [3.05, 3.63) is 134 Å². The van der Waals surface area contributed by atoms with Crippen LogP contribution in [-0.4, -0.2) is 19.9 Å². The van der Waals surface area contributed by atoms with E-state index in [0.29, 0.717) is 0 Å². The van der Waals surface area contributed by atoms with Gasteiger partial charge in [-0.15, -0.1) is 0 Å². The molecule has 0 aliphatic heterocycles. The molecule has 0 atom stereocenters. The first-order valence-electron chi connectivity index (χ1n) is 12.5. The van der Waals surface area contributed by atoms with Crippen LogP contribution < -0.4 is 0 Å². The molecule has 4 heterocycles. The Morgan fingerprint density at radius 2 is 0.974 bits per heavy atom. The first kappa shape index (κ1) is 22.0. The summed E-state index contributed by atoms with van der Waals surface area (Å²) in [6.45, 7) is 0. The minimum Gasteiger partial charge on any atom is -0.265 e. The molecule has 0 aliphatic carbocycles. The van der Waals surface area contributed by atoms with Crippen LogP contribution in [0.25, 0.3) is 66.3 Å². The number of pyridine rings is 4.